The van der Waals surface area contributed by atoms with Crippen molar-refractivity contribution in [3.05, 3.63) is 47.8 Å². The van der Waals surface area contributed by atoms with Gasteiger partial charge in [-0.15, -0.1) is 0 Å². The van der Waals surface area contributed by atoms with Gasteiger partial charge >= 0.3 is 0 Å². The van der Waals surface area contributed by atoms with Gasteiger partial charge in [0.1, 0.15) is 0 Å². The summed E-state index contributed by atoms with van der Waals surface area (Å²) in [7, 11) is 1.85. The van der Waals surface area contributed by atoms with Crippen molar-refractivity contribution in [1.82, 2.24) is 14.8 Å². The fourth-order valence-electron chi connectivity index (χ4n) is 2.25. The third kappa shape index (κ3) is 2.12. The van der Waals surface area contributed by atoms with Crippen LogP contribution >= 0.6 is 0 Å². The first-order valence-corrected chi connectivity index (χ1v) is 6.44. The Morgan fingerprint density at radius 1 is 1.25 bits per heavy atom. The summed E-state index contributed by atoms with van der Waals surface area (Å²) < 4.78 is 7.59. The van der Waals surface area contributed by atoms with E-state index in [0.29, 0.717) is 18.3 Å². The minimum Gasteiger partial charge on any atom is -0.420 e. The Labute approximate surface area is 117 Å². The van der Waals surface area contributed by atoms with Gasteiger partial charge in [0.25, 0.3) is 0 Å². The van der Waals surface area contributed by atoms with E-state index in [-0.39, 0.29) is 0 Å². The van der Waals surface area contributed by atoms with E-state index >= 15 is 0 Å². The van der Waals surface area contributed by atoms with Gasteiger partial charge in [-0.3, -0.25) is 0 Å². The van der Waals surface area contributed by atoms with Gasteiger partial charge in [-0.05, 0) is 23.9 Å². The van der Waals surface area contributed by atoms with Gasteiger partial charge < -0.3 is 10.5 Å². The van der Waals surface area contributed by atoms with Crippen molar-refractivity contribution in [1.29, 1.82) is 0 Å². The molecule has 3 rings (SSSR count). The fourth-order valence-corrected chi connectivity index (χ4v) is 2.25. The molecule has 0 spiro atoms. The lowest BCUT2D eigenvalue weighted by Gasteiger charge is -2.10. The van der Waals surface area contributed by atoms with Crippen LogP contribution in [0.15, 0.2) is 36.5 Å². The standard InChI is InChI=1S/C15H16N4O/c1-10-7-14(19(2)18-10)20-15-13-6-4-3-5-12(13)11(8-16)9-17-15/h3-7,9H,8,16H2,1-2H3. The Hall–Kier alpha value is -2.40. The molecule has 1 aromatic carbocycles. The zero-order valence-corrected chi connectivity index (χ0v) is 11.5. The summed E-state index contributed by atoms with van der Waals surface area (Å²) in [5.74, 6) is 1.24. The van der Waals surface area contributed by atoms with Crippen molar-refractivity contribution < 1.29 is 4.74 Å². The van der Waals surface area contributed by atoms with Gasteiger partial charge in [0.15, 0.2) is 0 Å². The maximum Gasteiger partial charge on any atom is 0.229 e. The van der Waals surface area contributed by atoms with Crippen molar-refractivity contribution in [2.75, 3.05) is 0 Å². The smallest absolute Gasteiger partial charge is 0.229 e. The highest BCUT2D eigenvalue weighted by Gasteiger charge is 2.10. The molecule has 0 saturated heterocycles. The summed E-state index contributed by atoms with van der Waals surface area (Å²) in [4.78, 5) is 4.38. The minimum absolute atomic E-state index is 0.457. The van der Waals surface area contributed by atoms with Crippen molar-refractivity contribution in [3.63, 3.8) is 0 Å². The van der Waals surface area contributed by atoms with Gasteiger partial charge in [0.2, 0.25) is 11.8 Å². The third-order valence-electron chi connectivity index (χ3n) is 3.22. The largest absolute Gasteiger partial charge is 0.420 e. The van der Waals surface area contributed by atoms with Gasteiger partial charge in [-0.1, -0.05) is 18.2 Å². The Bertz CT molecular complexity index is 764. The molecule has 5 heteroatoms. The highest BCUT2D eigenvalue weighted by Crippen LogP contribution is 2.29. The molecule has 0 amide bonds. The van der Waals surface area contributed by atoms with Crippen LogP contribution < -0.4 is 10.5 Å². The molecule has 20 heavy (non-hydrogen) atoms. The molecule has 2 heterocycles. The van der Waals surface area contributed by atoms with Crippen LogP contribution in [0.2, 0.25) is 0 Å². The van der Waals surface area contributed by atoms with E-state index in [1.165, 1.54) is 0 Å². The average Bonchev–Trinajstić information content (AvgIpc) is 2.77. The number of hydrogen-bond acceptors (Lipinski definition) is 4. The number of aryl methyl sites for hydroxylation is 2. The lowest BCUT2D eigenvalue weighted by atomic mass is 10.1. The van der Waals surface area contributed by atoms with Crippen LogP contribution in [0.25, 0.3) is 10.8 Å². The van der Waals surface area contributed by atoms with E-state index in [9.17, 15) is 0 Å². The van der Waals surface area contributed by atoms with Crippen molar-refractivity contribution in [3.8, 4) is 11.8 Å². The van der Waals surface area contributed by atoms with Gasteiger partial charge in [0, 0.05) is 31.2 Å². The summed E-state index contributed by atoms with van der Waals surface area (Å²) in [6, 6.07) is 9.85. The highest BCUT2D eigenvalue weighted by molar-refractivity contribution is 5.89. The van der Waals surface area contributed by atoms with E-state index in [0.717, 1.165) is 22.0 Å². The zero-order valence-electron chi connectivity index (χ0n) is 11.5. The molecule has 0 saturated carbocycles. The number of fused-ring (bicyclic) bond motifs is 1. The Balaban J connectivity index is 2.10. The molecule has 0 radical (unpaired) electrons. The molecule has 102 valence electrons. The molecule has 0 aliphatic rings. The SMILES string of the molecule is Cc1cc(Oc2ncc(CN)c3ccccc23)n(C)n1. The number of hydrogen-bond donors (Lipinski definition) is 1. The van der Waals surface area contributed by atoms with Crippen LogP contribution in [0.4, 0.5) is 0 Å². The monoisotopic (exact) mass is 268 g/mol. The van der Waals surface area contributed by atoms with Crippen molar-refractivity contribution in [2.24, 2.45) is 12.8 Å². The average molecular weight is 268 g/mol. The molecular weight excluding hydrogens is 252 g/mol. The summed E-state index contributed by atoms with van der Waals surface area (Å²) in [5, 5.41) is 6.29. The number of aromatic nitrogens is 3. The lowest BCUT2D eigenvalue weighted by molar-refractivity contribution is 0.420. The Morgan fingerprint density at radius 3 is 2.65 bits per heavy atom. The summed E-state index contributed by atoms with van der Waals surface area (Å²) in [6.45, 7) is 2.38. The zero-order chi connectivity index (χ0) is 14.1. The second-order valence-electron chi connectivity index (χ2n) is 4.69. The van der Waals surface area contributed by atoms with E-state index in [1.807, 2.05) is 44.3 Å². The van der Waals surface area contributed by atoms with Crippen LogP contribution in [0.3, 0.4) is 0 Å². The topological polar surface area (TPSA) is 66.0 Å². The molecule has 2 aromatic heterocycles. The molecule has 5 nitrogen and oxygen atoms in total. The molecule has 2 N–H and O–H groups in total. The lowest BCUT2D eigenvalue weighted by Crippen LogP contribution is -2.01. The van der Waals surface area contributed by atoms with Gasteiger partial charge in [-0.25, -0.2) is 9.67 Å². The van der Waals surface area contributed by atoms with E-state index in [4.69, 9.17) is 10.5 Å². The third-order valence-corrected chi connectivity index (χ3v) is 3.22. The second kappa shape index (κ2) is 4.94. The minimum atomic E-state index is 0.457. The number of rotatable bonds is 3. The molecule has 0 atom stereocenters. The van der Waals surface area contributed by atoms with Crippen molar-refractivity contribution >= 4 is 10.8 Å². The van der Waals surface area contributed by atoms with Gasteiger partial charge in [-0.2, -0.15) is 5.10 Å². The maximum atomic E-state index is 5.89. The molecule has 3 aromatic rings. The molecule has 0 aliphatic heterocycles. The van der Waals surface area contributed by atoms with E-state index in [1.54, 1.807) is 10.9 Å². The Morgan fingerprint density at radius 2 is 2.00 bits per heavy atom. The molecule has 0 bridgehead atoms. The number of nitrogens with zero attached hydrogens (tertiary/aromatic N) is 3. The predicted octanol–water partition coefficient (Wildman–Crippen LogP) is 2.53. The maximum absolute atomic E-state index is 5.89. The van der Waals surface area contributed by atoms with E-state index < -0.39 is 0 Å². The summed E-state index contributed by atoms with van der Waals surface area (Å²) in [5.41, 5.74) is 7.67. The molecular formula is C15H16N4O. The molecule has 0 fully saturated rings. The van der Waals surface area contributed by atoms with Crippen LogP contribution in [0.1, 0.15) is 11.3 Å². The normalized spacial score (nSPS) is 10.9. The quantitative estimate of drug-likeness (QED) is 0.792. The van der Waals surface area contributed by atoms with Crippen LogP contribution in [-0.4, -0.2) is 14.8 Å². The van der Waals surface area contributed by atoms with Crippen LogP contribution in [0.5, 0.6) is 11.8 Å². The summed E-state index contributed by atoms with van der Waals surface area (Å²) in [6.07, 6.45) is 1.76. The fraction of sp³-hybridized carbons (Fsp3) is 0.200. The van der Waals surface area contributed by atoms with Crippen LogP contribution in [-0.2, 0) is 13.6 Å². The summed E-state index contributed by atoms with van der Waals surface area (Å²) >= 11 is 0. The van der Waals surface area contributed by atoms with Gasteiger partial charge in [0.05, 0.1) is 5.69 Å². The number of nitrogens with two attached hydrogens (primary N) is 1. The number of ether oxygens (including phenoxy) is 1. The predicted molar refractivity (Wildman–Crippen MR) is 77.7 cm³/mol. The Kier molecular flexibility index (Phi) is 3.12. The van der Waals surface area contributed by atoms with Crippen LogP contribution in [0, 0.1) is 6.92 Å². The van der Waals surface area contributed by atoms with Crippen molar-refractivity contribution in [2.45, 2.75) is 13.5 Å². The molecule has 0 aliphatic carbocycles. The number of benzene rings is 1. The number of pyridine rings is 1. The first-order chi connectivity index (χ1) is 9.69. The highest BCUT2D eigenvalue weighted by atomic mass is 16.5. The first-order valence-electron chi connectivity index (χ1n) is 6.44. The first kappa shape index (κ1) is 12.6. The molecule has 0 unspecified atom stereocenters. The van der Waals surface area contributed by atoms with E-state index in [2.05, 4.69) is 10.1 Å². The second-order valence-corrected chi connectivity index (χ2v) is 4.69.